The summed E-state index contributed by atoms with van der Waals surface area (Å²) in [7, 11) is 0. The summed E-state index contributed by atoms with van der Waals surface area (Å²) in [6, 6.07) is 13.8. The van der Waals surface area contributed by atoms with Crippen LogP contribution in [0.2, 0.25) is 0 Å². The fourth-order valence-corrected chi connectivity index (χ4v) is 1.53. The molecule has 0 aliphatic heterocycles. The Hall–Kier alpha value is -2.25. The summed E-state index contributed by atoms with van der Waals surface area (Å²) in [4.78, 5) is 13.7. The zero-order valence-electron chi connectivity index (χ0n) is 8.35. The lowest BCUT2D eigenvalue weighted by molar-refractivity contribution is 0.564. The minimum atomic E-state index is -0.523. The van der Waals surface area contributed by atoms with Crippen molar-refractivity contribution < 1.29 is 9.18 Å². The molecule has 0 bridgehead atoms. The second-order valence-corrected chi connectivity index (χ2v) is 3.21. The Morgan fingerprint density at radius 1 is 1.00 bits per heavy atom. The Morgan fingerprint density at radius 2 is 1.75 bits per heavy atom. The van der Waals surface area contributed by atoms with Gasteiger partial charge in [0.25, 0.3) is 0 Å². The molecule has 0 aromatic heterocycles. The zero-order valence-corrected chi connectivity index (χ0v) is 8.35. The van der Waals surface area contributed by atoms with Gasteiger partial charge in [0.15, 0.2) is 0 Å². The molecule has 0 saturated heterocycles. The van der Waals surface area contributed by atoms with Gasteiger partial charge in [-0.1, -0.05) is 42.5 Å². The van der Waals surface area contributed by atoms with Crippen molar-refractivity contribution in [2.24, 2.45) is 4.99 Å². The van der Waals surface area contributed by atoms with Gasteiger partial charge >= 0.3 is 0 Å². The Balaban J connectivity index is 2.65. The lowest BCUT2D eigenvalue weighted by Crippen LogP contribution is -1.82. The number of aliphatic imine (C=N–C) groups is 1. The molecule has 0 unspecified atom stereocenters. The first-order valence-corrected chi connectivity index (χ1v) is 4.75. The number of carbonyl (C=O) groups excluding carboxylic acids is 1. The van der Waals surface area contributed by atoms with Gasteiger partial charge in [-0.15, -0.1) is 0 Å². The van der Waals surface area contributed by atoms with Gasteiger partial charge in [-0.2, -0.15) is 4.99 Å². The third-order valence-corrected chi connectivity index (χ3v) is 2.23. The highest BCUT2D eigenvalue weighted by molar-refractivity contribution is 5.77. The maximum absolute atomic E-state index is 13.5. The molecule has 3 heteroatoms. The van der Waals surface area contributed by atoms with E-state index in [2.05, 4.69) is 4.99 Å². The summed E-state index contributed by atoms with van der Waals surface area (Å²) in [5, 5.41) is 0. The van der Waals surface area contributed by atoms with Crippen molar-refractivity contribution in [3.63, 3.8) is 0 Å². The topological polar surface area (TPSA) is 29.4 Å². The van der Waals surface area contributed by atoms with Crippen molar-refractivity contribution in [2.75, 3.05) is 0 Å². The van der Waals surface area contributed by atoms with Crippen LogP contribution in [0.15, 0.2) is 53.5 Å². The first-order chi connectivity index (χ1) is 7.83. The number of benzene rings is 2. The molecule has 0 heterocycles. The van der Waals surface area contributed by atoms with Crippen molar-refractivity contribution in [3.8, 4) is 11.1 Å². The molecule has 0 fully saturated rings. The Morgan fingerprint density at radius 3 is 2.44 bits per heavy atom. The molecule has 0 amide bonds. The van der Waals surface area contributed by atoms with E-state index < -0.39 is 5.82 Å². The van der Waals surface area contributed by atoms with E-state index in [1.807, 2.05) is 30.3 Å². The van der Waals surface area contributed by atoms with Crippen molar-refractivity contribution >= 4 is 11.8 Å². The van der Waals surface area contributed by atoms with Crippen LogP contribution in [-0.4, -0.2) is 6.08 Å². The normalized spacial score (nSPS) is 9.56. The second kappa shape index (κ2) is 4.51. The van der Waals surface area contributed by atoms with Gasteiger partial charge in [-0.25, -0.2) is 9.18 Å². The molecule has 0 atom stereocenters. The molecule has 2 rings (SSSR count). The number of para-hydroxylation sites is 1. The summed E-state index contributed by atoms with van der Waals surface area (Å²) >= 11 is 0. The van der Waals surface area contributed by atoms with Gasteiger partial charge in [-0.05, 0) is 11.6 Å². The van der Waals surface area contributed by atoms with E-state index in [4.69, 9.17) is 0 Å². The lowest BCUT2D eigenvalue weighted by atomic mass is 10.0. The van der Waals surface area contributed by atoms with E-state index in [9.17, 15) is 9.18 Å². The van der Waals surface area contributed by atoms with E-state index >= 15 is 0 Å². The third kappa shape index (κ3) is 1.90. The molecule has 0 spiro atoms. The monoisotopic (exact) mass is 213 g/mol. The summed E-state index contributed by atoms with van der Waals surface area (Å²) < 4.78 is 13.5. The Labute approximate surface area is 92.1 Å². The number of isocyanates is 1. The fourth-order valence-electron chi connectivity index (χ4n) is 1.53. The maximum atomic E-state index is 13.5. The average molecular weight is 213 g/mol. The first kappa shape index (κ1) is 10.3. The van der Waals surface area contributed by atoms with Gasteiger partial charge in [0.2, 0.25) is 6.08 Å². The van der Waals surface area contributed by atoms with Crippen LogP contribution in [0.4, 0.5) is 10.1 Å². The minimum absolute atomic E-state index is 0.0312. The molecule has 0 N–H and O–H groups in total. The SMILES string of the molecule is O=C=Nc1c(F)cccc1-c1ccccc1. The predicted molar refractivity (Wildman–Crippen MR) is 59.6 cm³/mol. The third-order valence-electron chi connectivity index (χ3n) is 2.23. The van der Waals surface area contributed by atoms with E-state index in [1.165, 1.54) is 12.1 Å². The van der Waals surface area contributed by atoms with Crippen molar-refractivity contribution in [2.45, 2.75) is 0 Å². The smallest absolute Gasteiger partial charge is 0.211 e. The Bertz CT molecular complexity index is 545. The van der Waals surface area contributed by atoms with Gasteiger partial charge in [0.1, 0.15) is 11.5 Å². The molecule has 16 heavy (non-hydrogen) atoms. The van der Waals surface area contributed by atoms with Crippen LogP contribution in [0.1, 0.15) is 0 Å². The molecule has 2 aromatic carbocycles. The molecule has 78 valence electrons. The van der Waals surface area contributed by atoms with Gasteiger partial charge in [0, 0.05) is 5.56 Å². The van der Waals surface area contributed by atoms with Crippen molar-refractivity contribution in [1.29, 1.82) is 0 Å². The standard InChI is InChI=1S/C13H8FNO/c14-12-8-4-7-11(13(12)15-9-16)10-5-2-1-3-6-10/h1-8H. The summed E-state index contributed by atoms with van der Waals surface area (Å²) in [5.74, 6) is -0.523. The maximum Gasteiger partial charge on any atom is 0.240 e. The van der Waals surface area contributed by atoms with Crippen LogP contribution in [0.25, 0.3) is 11.1 Å². The van der Waals surface area contributed by atoms with Gasteiger partial charge < -0.3 is 0 Å². The van der Waals surface area contributed by atoms with Gasteiger partial charge in [0.05, 0.1) is 0 Å². The molecular weight excluding hydrogens is 205 g/mol. The highest BCUT2D eigenvalue weighted by Gasteiger charge is 2.08. The van der Waals surface area contributed by atoms with Crippen molar-refractivity contribution in [1.82, 2.24) is 0 Å². The van der Waals surface area contributed by atoms with Gasteiger partial charge in [-0.3, -0.25) is 0 Å². The van der Waals surface area contributed by atoms with E-state index in [0.717, 1.165) is 5.56 Å². The van der Waals surface area contributed by atoms with E-state index in [0.29, 0.717) is 5.56 Å². The fraction of sp³-hybridized carbons (Fsp3) is 0. The second-order valence-electron chi connectivity index (χ2n) is 3.21. The highest BCUT2D eigenvalue weighted by Crippen LogP contribution is 2.31. The van der Waals surface area contributed by atoms with Crippen molar-refractivity contribution in [3.05, 3.63) is 54.3 Å². The predicted octanol–water partition coefficient (Wildman–Crippen LogP) is 3.46. The number of halogens is 1. The molecule has 0 aliphatic carbocycles. The van der Waals surface area contributed by atoms with E-state index in [-0.39, 0.29) is 5.69 Å². The lowest BCUT2D eigenvalue weighted by Gasteiger charge is -2.04. The minimum Gasteiger partial charge on any atom is -0.211 e. The number of hydrogen-bond donors (Lipinski definition) is 0. The molecule has 0 radical (unpaired) electrons. The average Bonchev–Trinajstić information content (AvgIpc) is 2.33. The number of hydrogen-bond acceptors (Lipinski definition) is 2. The molecule has 2 aromatic rings. The molecule has 0 saturated carbocycles. The zero-order chi connectivity index (χ0) is 11.4. The number of nitrogens with zero attached hydrogens (tertiary/aromatic N) is 1. The van der Waals surface area contributed by atoms with Crippen LogP contribution in [0, 0.1) is 5.82 Å². The molecule has 0 aliphatic rings. The van der Waals surface area contributed by atoms with Crippen LogP contribution in [-0.2, 0) is 4.79 Å². The summed E-state index contributed by atoms with van der Waals surface area (Å²) in [6.45, 7) is 0. The van der Waals surface area contributed by atoms with Crippen LogP contribution < -0.4 is 0 Å². The highest BCUT2D eigenvalue weighted by atomic mass is 19.1. The Kier molecular flexibility index (Phi) is 2.90. The summed E-state index contributed by atoms with van der Waals surface area (Å²) in [6.07, 6.45) is 1.37. The number of rotatable bonds is 2. The van der Waals surface area contributed by atoms with E-state index in [1.54, 1.807) is 12.1 Å². The van der Waals surface area contributed by atoms with Crippen LogP contribution in [0.3, 0.4) is 0 Å². The first-order valence-electron chi connectivity index (χ1n) is 4.75. The largest absolute Gasteiger partial charge is 0.240 e. The quantitative estimate of drug-likeness (QED) is 0.554. The summed E-state index contributed by atoms with van der Waals surface area (Å²) in [5.41, 5.74) is 1.43. The van der Waals surface area contributed by atoms with Crippen LogP contribution in [0.5, 0.6) is 0 Å². The van der Waals surface area contributed by atoms with Crippen LogP contribution >= 0.6 is 0 Å². The molecular formula is C13H8FNO. The molecule has 2 nitrogen and oxygen atoms in total.